The molecule has 0 fully saturated rings. The molecule has 1 N–H and O–H groups in total. The first-order valence-corrected chi connectivity index (χ1v) is 14.7. The Morgan fingerprint density at radius 1 is 0.652 bits per heavy atom. The number of amides is 1. The molecule has 1 amide bonds. The fourth-order valence-electron chi connectivity index (χ4n) is 5.66. The van der Waals surface area contributed by atoms with E-state index in [1.807, 2.05) is 38.1 Å². The predicted octanol–water partition coefficient (Wildman–Crippen LogP) is 6.82. The SMILES string of the molecule is COC(=O)c1cc(OC(=O)c2c(C)cc(C)cc2C)c(C(=O)NC(C)(C)c2ccccn2)c(OC(=O)c2c(C)cc(C)cc2C)c1. The Bertz CT molecular complexity index is 1720. The summed E-state index contributed by atoms with van der Waals surface area (Å²) in [5.74, 6) is -3.60. The average Bonchev–Trinajstić information content (AvgIpc) is 2.95. The Morgan fingerprint density at radius 3 is 1.50 bits per heavy atom. The molecule has 0 aliphatic heterocycles. The predicted molar refractivity (Wildman–Crippen MR) is 174 cm³/mol. The summed E-state index contributed by atoms with van der Waals surface area (Å²) < 4.78 is 16.7. The van der Waals surface area contributed by atoms with Gasteiger partial charge in [0.1, 0.15) is 17.1 Å². The molecule has 0 saturated heterocycles. The molecule has 0 unspecified atom stereocenters. The highest BCUT2D eigenvalue weighted by molar-refractivity contribution is 6.05. The van der Waals surface area contributed by atoms with Crippen LogP contribution in [0.15, 0.2) is 60.8 Å². The molecule has 4 rings (SSSR count). The van der Waals surface area contributed by atoms with Crippen molar-refractivity contribution in [3.8, 4) is 11.5 Å². The van der Waals surface area contributed by atoms with E-state index >= 15 is 0 Å². The van der Waals surface area contributed by atoms with Gasteiger partial charge in [0.2, 0.25) is 0 Å². The van der Waals surface area contributed by atoms with Crippen molar-refractivity contribution in [1.82, 2.24) is 10.3 Å². The van der Waals surface area contributed by atoms with Crippen molar-refractivity contribution >= 4 is 23.8 Å². The van der Waals surface area contributed by atoms with E-state index in [2.05, 4.69) is 10.3 Å². The number of methoxy groups -OCH3 is 1. The van der Waals surface area contributed by atoms with Gasteiger partial charge >= 0.3 is 17.9 Å². The summed E-state index contributed by atoms with van der Waals surface area (Å²) in [4.78, 5) is 58.7. The van der Waals surface area contributed by atoms with Crippen molar-refractivity contribution in [2.45, 2.75) is 60.9 Å². The van der Waals surface area contributed by atoms with E-state index < -0.39 is 29.4 Å². The van der Waals surface area contributed by atoms with Crippen LogP contribution < -0.4 is 14.8 Å². The maximum atomic E-state index is 14.2. The number of ether oxygens (including phenoxy) is 3. The molecule has 0 bridgehead atoms. The topological polar surface area (TPSA) is 121 Å². The minimum absolute atomic E-state index is 0.0941. The molecule has 3 aromatic carbocycles. The quantitative estimate of drug-likeness (QED) is 0.168. The highest BCUT2D eigenvalue weighted by Gasteiger charge is 2.32. The van der Waals surface area contributed by atoms with E-state index in [4.69, 9.17) is 14.2 Å². The minimum Gasteiger partial charge on any atom is -0.465 e. The Balaban J connectivity index is 1.91. The van der Waals surface area contributed by atoms with Gasteiger partial charge in [-0.25, -0.2) is 14.4 Å². The second kappa shape index (κ2) is 13.4. The first kappa shape index (κ1) is 33.6. The van der Waals surface area contributed by atoms with E-state index in [9.17, 15) is 19.2 Å². The fraction of sp³-hybridized carbons (Fsp3) is 0.270. The van der Waals surface area contributed by atoms with E-state index in [0.717, 1.165) is 11.1 Å². The largest absolute Gasteiger partial charge is 0.465 e. The smallest absolute Gasteiger partial charge is 0.344 e. The number of nitrogens with zero attached hydrogens (tertiary/aromatic N) is 1. The Kier molecular flexibility index (Phi) is 9.75. The van der Waals surface area contributed by atoms with Crippen molar-refractivity contribution in [2.75, 3.05) is 7.11 Å². The summed E-state index contributed by atoms with van der Waals surface area (Å²) in [7, 11) is 1.19. The monoisotopic (exact) mass is 622 g/mol. The van der Waals surface area contributed by atoms with Crippen LogP contribution >= 0.6 is 0 Å². The van der Waals surface area contributed by atoms with Gasteiger partial charge in [-0.1, -0.05) is 41.5 Å². The van der Waals surface area contributed by atoms with Gasteiger partial charge in [0, 0.05) is 6.20 Å². The van der Waals surface area contributed by atoms with Crippen molar-refractivity contribution < 1.29 is 33.4 Å². The number of esters is 3. The number of carbonyl (C=O) groups excluding carboxylic acids is 4. The number of nitrogens with one attached hydrogen (secondary N) is 1. The third kappa shape index (κ3) is 7.15. The van der Waals surface area contributed by atoms with E-state index in [1.165, 1.54) is 19.2 Å². The molecular weight excluding hydrogens is 584 g/mol. The number of pyridine rings is 1. The summed E-state index contributed by atoms with van der Waals surface area (Å²) in [6.45, 7) is 14.5. The molecular formula is C37H38N2O7. The summed E-state index contributed by atoms with van der Waals surface area (Å²) >= 11 is 0. The number of benzene rings is 3. The maximum absolute atomic E-state index is 14.2. The molecule has 46 heavy (non-hydrogen) atoms. The van der Waals surface area contributed by atoms with Crippen LogP contribution in [-0.2, 0) is 10.3 Å². The zero-order chi connectivity index (χ0) is 33.9. The lowest BCUT2D eigenvalue weighted by atomic mass is 9.98. The first-order valence-electron chi connectivity index (χ1n) is 14.7. The fourth-order valence-corrected chi connectivity index (χ4v) is 5.66. The molecule has 0 aliphatic rings. The molecule has 9 nitrogen and oxygen atoms in total. The van der Waals surface area contributed by atoms with Crippen LogP contribution in [0.1, 0.15) is 94.4 Å². The van der Waals surface area contributed by atoms with E-state index in [0.29, 0.717) is 39.1 Å². The number of aryl methyl sites for hydroxylation is 6. The standard InChI is InChI=1S/C37H38N2O7/c1-20-14-22(3)30(23(4)15-20)35(42)45-27-18-26(34(41)44-9)19-28(46-36(43)31-24(5)16-21(2)17-25(31)6)32(27)33(40)39-37(7,8)29-12-10-11-13-38-29/h10-19H,1-9H3,(H,39,40). The van der Waals surface area contributed by atoms with E-state index in [1.54, 1.807) is 65.9 Å². The van der Waals surface area contributed by atoms with Crippen LogP contribution in [0.2, 0.25) is 0 Å². The van der Waals surface area contributed by atoms with Crippen LogP contribution in [0.5, 0.6) is 11.5 Å². The van der Waals surface area contributed by atoms with Crippen LogP contribution in [0.4, 0.5) is 0 Å². The number of hydrogen-bond acceptors (Lipinski definition) is 8. The van der Waals surface area contributed by atoms with Gasteiger partial charge in [-0.05, 0) is 102 Å². The van der Waals surface area contributed by atoms with Gasteiger partial charge in [0.15, 0.2) is 0 Å². The number of carbonyl (C=O) groups is 4. The second-order valence-corrected chi connectivity index (χ2v) is 12.0. The zero-order valence-electron chi connectivity index (χ0n) is 27.6. The Hall–Kier alpha value is -5.31. The molecule has 0 aliphatic carbocycles. The number of rotatable bonds is 8. The van der Waals surface area contributed by atoms with Crippen LogP contribution in [0, 0.1) is 41.5 Å². The van der Waals surface area contributed by atoms with Crippen LogP contribution in [0.3, 0.4) is 0 Å². The van der Waals surface area contributed by atoms with Crippen molar-refractivity contribution in [3.63, 3.8) is 0 Å². The number of aromatic nitrogens is 1. The van der Waals surface area contributed by atoms with Gasteiger partial charge in [-0.3, -0.25) is 9.78 Å². The minimum atomic E-state index is -1.00. The van der Waals surface area contributed by atoms with Crippen molar-refractivity contribution in [1.29, 1.82) is 0 Å². The van der Waals surface area contributed by atoms with Gasteiger partial charge < -0.3 is 19.5 Å². The highest BCUT2D eigenvalue weighted by Crippen LogP contribution is 2.35. The molecule has 1 aromatic heterocycles. The summed E-state index contributed by atoms with van der Waals surface area (Å²) in [5.41, 5.74) is 4.43. The highest BCUT2D eigenvalue weighted by atomic mass is 16.5. The van der Waals surface area contributed by atoms with Gasteiger partial charge in [0.25, 0.3) is 5.91 Å². The normalized spacial score (nSPS) is 11.1. The first-order chi connectivity index (χ1) is 21.6. The molecule has 238 valence electrons. The number of hydrogen-bond donors (Lipinski definition) is 1. The van der Waals surface area contributed by atoms with Crippen molar-refractivity contribution in [3.05, 3.63) is 122 Å². The van der Waals surface area contributed by atoms with Crippen molar-refractivity contribution in [2.24, 2.45) is 0 Å². The third-order valence-electron chi connectivity index (χ3n) is 7.61. The molecule has 1 heterocycles. The lowest BCUT2D eigenvalue weighted by molar-refractivity contribution is 0.0593. The molecule has 4 aromatic rings. The van der Waals surface area contributed by atoms with Crippen LogP contribution in [-0.4, -0.2) is 35.9 Å². The van der Waals surface area contributed by atoms with Crippen LogP contribution in [0.25, 0.3) is 0 Å². The average molecular weight is 623 g/mol. The molecule has 0 radical (unpaired) electrons. The third-order valence-corrected chi connectivity index (χ3v) is 7.61. The zero-order valence-corrected chi connectivity index (χ0v) is 27.6. The van der Waals surface area contributed by atoms with Gasteiger partial charge in [-0.2, -0.15) is 0 Å². The molecule has 9 heteroatoms. The molecule has 0 saturated carbocycles. The Labute approximate surface area is 268 Å². The van der Waals surface area contributed by atoms with E-state index in [-0.39, 0.29) is 22.6 Å². The Morgan fingerprint density at radius 2 is 1.11 bits per heavy atom. The lowest BCUT2D eigenvalue weighted by Gasteiger charge is -2.27. The summed E-state index contributed by atoms with van der Waals surface area (Å²) in [6, 6.07) is 15.1. The van der Waals surface area contributed by atoms with Gasteiger partial charge in [0.05, 0.1) is 35.0 Å². The summed E-state index contributed by atoms with van der Waals surface area (Å²) in [6.07, 6.45) is 1.60. The second-order valence-electron chi connectivity index (χ2n) is 12.0. The molecule has 0 spiro atoms. The lowest BCUT2D eigenvalue weighted by Crippen LogP contribution is -2.42. The maximum Gasteiger partial charge on any atom is 0.344 e. The molecule has 0 atom stereocenters. The summed E-state index contributed by atoms with van der Waals surface area (Å²) in [5, 5.41) is 2.92. The van der Waals surface area contributed by atoms with Gasteiger partial charge in [-0.15, -0.1) is 0 Å².